The standard InChI is InChI=1S/C15H25N3S/c1-13-14(19-12-16-13)10-18-9-5-8-17-15(11-18)6-3-2-4-7-15/h12,17H,2-11H2,1H3. The van der Waals surface area contributed by atoms with Gasteiger partial charge in [-0.1, -0.05) is 19.3 Å². The highest BCUT2D eigenvalue weighted by molar-refractivity contribution is 7.09. The lowest BCUT2D eigenvalue weighted by molar-refractivity contribution is 0.160. The van der Waals surface area contributed by atoms with Gasteiger partial charge in [-0.2, -0.15) is 0 Å². The molecule has 0 atom stereocenters. The van der Waals surface area contributed by atoms with Gasteiger partial charge < -0.3 is 5.32 Å². The summed E-state index contributed by atoms with van der Waals surface area (Å²) in [6.07, 6.45) is 8.24. The SMILES string of the molecule is Cc1ncsc1CN1CCCNC2(CCCCC2)C1. The van der Waals surface area contributed by atoms with Crippen LogP contribution in [0.5, 0.6) is 0 Å². The summed E-state index contributed by atoms with van der Waals surface area (Å²) in [7, 11) is 0. The van der Waals surface area contributed by atoms with Crippen molar-refractivity contribution in [1.29, 1.82) is 0 Å². The van der Waals surface area contributed by atoms with E-state index < -0.39 is 0 Å². The van der Waals surface area contributed by atoms with Crippen molar-refractivity contribution in [2.75, 3.05) is 19.6 Å². The Morgan fingerprint density at radius 2 is 2.16 bits per heavy atom. The molecule has 19 heavy (non-hydrogen) atoms. The van der Waals surface area contributed by atoms with Crippen molar-refractivity contribution in [1.82, 2.24) is 15.2 Å². The van der Waals surface area contributed by atoms with Crippen LogP contribution in [0.25, 0.3) is 0 Å². The molecule has 3 nitrogen and oxygen atoms in total. The largest absolute Gasteiger partial charge is 0.310 e. The third kappa shape index (κ3) is 3.18. The van der Waals surface area contributed by atoms with Crippen LogP contribution in [0, 0.1) is 6.92 Å². The number of hydrogen-bond acceptors (Lipinski definition) is 4. The van der Waals surface area contributed by atoms with Crippen molar-refractivity contribution in [3.63, 3.8) is 0 Å². The van der Waals surface area contributed by atoms with Gasteiger partial charge in [0.15, 0.2) is 0 Å². The third-order valence-corrected chi connectivity index (χ3v) is 5.62. The zero-order chi connectivity index (χ0) is 13.1. The van der Waals surface area contributed by atoms with E-state index in [-0.39, 0.29) is 0 Å². The molecule has 2 fully saturated rings. The number of aromatic nitrogens is 1. The van der Waals surface area contributed by atoms with Crippen molar-refractivity contribution >= 4 is 11.3 Å². The summed E-state index contributed by atoms with van der Waals surface area (Å²) in [6, 6.07) is 0. The molecule has 0 radical (unpaired) electrons. The van der Waals surface area contributed by atoms with E-state index in [0.717, 1.165) is 6.54 Å². The van der Waals surface area contributed by atoms with Crippen LogP contribution in [0.2, 0.25) is 0 Å². The third-order valence-electron chi connectivity index (χ3n) is 4.70. The molecule has 1 aromatic rings. The highest BCUT2D eigenvalue weighted by Crippen LogP contribution is 2.31. The minimum atomic E-state index is 0.410. The molecule has 1 saturated heterocycles. The number of nitrogens with one attached hydrogen (secondary N) is 1. The topological polar surface area (TPSA) is 28.2 Å². The van der Waals surface area contributed by atoms with Crippen LogP contribution >= 0.6 is 11.3 Å². The van der Waals surface area contributed by atoms with E-state index in [9.17, 15) is 0 Å². The second-order valence-corrected chi connectivity index (χ2v) is 7.13. The maximum absolute atomic E-state index is 4.39. The summed E-state index contributed by atoms with van der Waals surface area (Å²) < 4.78 is 0. The first-order valence-electron chi connectivity index (χ1n) is 7.64. The van der Waals surface area contributed by atoms with Crippen molar-refractivity contribution in [3.8, 4) is 0 Å². The quantitative estimate of drug-likeness (QED) is 0.902. The summed E-state index contributed by atoms with van der Waals surface area (Å²) in [5.41, 5.74) is 3.62. The number of thiazole rings is 1. The van der Waals surface area contributed by atoms with Gasteiger partial charge in [0.25, 0.3) is 0 Å². The smallest absolute Gasteiger partial charge is 0.0798 e. The number of nitrogens with zero attached hydrogens (tertiary/aromatic N) is 2. The second kappa shape index (κ2) is 5.90. The second-order valence-electron chi connectivity index (χ2n) is 6.19. The van der Waals surface area contributed by atoms with E-state index in [1.54, 1.807) is 0 Å². The molecule has 4 heteroatoms. The molecule has 1 aromatic heterocycles. The zero-order valence-electron chi connectivity index (χ0n) is 12.0. The monoisotopic (exact) mass is 279 g/mol. The lowest BCUT2D eigenvalue weighted by Gasteiger charge is -2.40. The van der Waals surface area contributed by atoms with Gasteiger partial charge in [-0.05, 0) is 39.3 Å². The van der Waals surface area contributed by atoms with Gasteiger partial charge >= 0.3 is 0 Å². The maximum atomic E-state index is 4.39. The van der Waals surface area contributed by atoms with Gasteiger partial charge in [0.1, 0.15) is 0 Å². The molecular formula is C15H25N3S. The molecule has 1 aliphatic heterocycles. The summed E-state index contributed by atoms with van der Waals surface area (Å²) in [5, 5.41) is 3.87. The Balaban J connectivity index is 1.69. The Bertz CT molecular complexity index is 409. The van der Waals surface area contributed by atoms with Crippen LogP contribution in [0.15, 0.2) is 5.51 Å². The van der Waals surface area contributed by atoms with Gasteiger partial charge in [0.05, 0.1) is 11.2 Å². The van der Waals surface area contributed by atoms with E-state index in [2.05, 4.69) is 22.1 Å². The Labute approximate surface area is 120 Å². The maximum Gasteiger partial charge on any atom is 0.0798 e. The van der Waals surface area contributed by atoms with Crippen molar-refractivity contribution in [2.45, 2.75) is 57.5 Å². The molecule has 2 heterocycles. The number of hydrogen-bond donors (Lipinski definition) is 1. The molecule has 106 valence electrons. The molecule has 2 aliphatic rings. The van der Waals surface area contributed by atoms with Crippen LogP contribution < -0.4 is 5.32 Å². The van der Waals surface area contributed by atoms with E-state index in [4.69, 9.17) is 0 Å². The fourth-order valence-corrected chi connectivity index (χ4v) is 4.42. The van der Waals surface area contributed by atoms with E-state index in [1.165, 1.54) is 68.7 Å². The Morgan fingerprint density at radius 1 is 1.32 bits per heavy atom. The first kappa shape index (κ1) is 13.5. The molecule has 1 aliphatic carbocycles. The molecule has 3 rings (SSSR count). The van der Waals surface area contributed by atoms with Gasteiger partial charge in [0, 0.05) is 23.5 Å². The van der Waals surface area contributed by atoms with Crippen LogP contribution in [-0.4, -0.2) is 35.1 Å². The van der Waals surface area contributed by atoms with Crippen molar-refractivity contribution in [3.05, 3.63) is 16.1 Å². The molecule has 0 bridgehead atoms. The average molecular weight is 279 g/mol. The average Bonchev–Trinajstić information content (AvgIpc) is 2.71. The number of aryl methyl sites for hydroxylation is 1. The minimum Gasteiger partial charge on any atom is -0.310 e. The first-order chi connectivity index (χ1) is 9.27. The summed E-state index contributed by atoms with van der Waals surface area (Å²) >= 11 is 1.81. The van der Waals surface area contributed by atoms with E-state index >= 15 is 0 Å². The van der Waals surface area contributed by atoms with Crippen LogP contribution in [0.1, 0.15) is 49.1 Å². The highest BCUT2D eigenvalue weighted by atomic mass is 32.1. The van der Waals surface area contributed by atoms with Gasteiger partial charge in [0.2, 0.25) is 0 Å². The van der Waals surface area contributed by atoms with E-state index in [1.807, 2.05) is 16.8 Å². The number of rotatable bonds is 2. The molecule has 1 N–H and O–H groups in total. The van der Waals surface area contributed by atoms with Crippen LogP contribution in [0.3, 0.4) is 0 Å². The Hall–Kier alpha value is -0.450. The molecular weight excluding hydrogens is 254 g/mol. The van der Waals surface area contributed by atoms with Crippen LogP contribution in [-0.2, 0) is 6.54 Å². The predicted octanol–water partition coefficient (Wildman–Crippen LogP) is 2.95. The lowest BCUT2D eigenvalue weighted by atomic mass is 9.81. The highest BCUT2D eigenvalue weighted by Gasteiger charge is 2.34. The molecule has 0 unspecified atom stereocenters. The van der Waals surface area contributed by atoms with Crippen molar-refractivity contribution < 1.29 is 0 Å². The summed E-state index contributed by atoms with van der Waals surface area (Å²) in [4.78, 5) is 8.50. The van der Waals surface area contributed by atoms with E-state index in [0.29, 0.717) is 5.54 Å². The van der Waals surface area contributed by atoms with Crippen molar-refractivity contribution in [2.24, 2.45) is 0 Å². The summed E-state index contributed by atoms with van der Waals surface area (Å²) in [5.74, 6) is 0. The molecule has 1 spiro atoms. The van der Waals surface area contributed by atoms with Crippen LogP contribution in [0.4, 0.5) is 0 Å². The molecule has 0 amide bonds. The first-order valence-corrected chi connectivity index (χ1v) is 8.52. The molecule has 0 aromatic carbocycles. The minimum absolute atomic E-state index is 0.410. The summed E-state index contributed by atoms with van der Waals surface area (Å²) in [6.45, 7) is 6.88. The predicted molar refractivity (Wildman–Crippen MR) is 80.6 cm³/mol. The van der Waals surface area contributed by atoms with Gasteiger partial charge in [-0.3, -0.25) is 4.90 Å². The molecule has 1 saturated carbocycles. The van der Waals surface area contributed by atoms with Gasteiger partial charge in [-0.25, -0.2) is 4.98 Å². The Morgan fingerprint density at radius 3 is 2.89 bits per heavy atom. The normalized spacial score (nSPS) is 24.5. The Kier molecular flexibility index (Phi) is 4.20. The lowest BCUT2D eigenvalue weighted by Crippen LogP contribution is -2.52. The fraction of sp³-hybridized carbons (Fsp3) is 0.800. The van der Waals surface area contributed by atoms with Gasteiger partial charge in [-0.15, -0.1) is 11.3 Å². The fourth-order valence-electron chi connectivity index (χ4n) is 3.60. The zero-order valence-corrected chi connectivity index (χ0v) is 12.8.